The van der Waals surface area contributed by atoms with Crippen LogP contribution < -0.4 is 15.0 Å². The van der Waals surface area contributed by atoms with Gasteiger partial charge in [0.1, 0.15) is 11.5 Å². The number of ether oxygens (including phenoxy) is 1. The van der Waals surface area contributed by atoms with E-state index in [-0.39, 0.29) is 5.56 Å². The molecule has 140 valence electrons. The number of para-hydroxylation sites is 1. The van der Waals surface area contributed by atoms with Crippen molar-refractivity contribution in [3.63, 3.8) is 0 Å². The normalized spacial score (nSPS) is 11.2. The van der Waals surface area contributed by atoms with Crippen molar-refractivity contribution in [1.82, 2.24) is 4.98 Å². The van der Waals surface area contributed by atoms with Gasteiger partial charge in [0, 0.05) is 28.6 Å². The first-order valence-electron chi connectivity index (χ1n) is 7.97. The third-order valence-electron chi connectivity index (χ3n) is 3.74. The summed E-state index contributed by atoms with van der Waals surface area (Å²) in [6.45, 7) is 1.69. The molecule has 0 fully saturated rings. The summed E-state index contributed by atoms with van der Waals surface area (Å²) >= 11 is 6.17. The number of pyridine rings is 1. The van der Waals surface area contributed by atoms with Gasteiger partial charge in [0.2, 0.25) is 10.0 Å². The molecule has 1 heterocycles. The molecule has 0 aliphatic rings. The minimum absolute atomic E-state index is 0.197. The summed E-state index contributed by atoms with van der Waals surface area (Å²) in [4.78, 5) is 14.3. The van der Waals surface area contributed by atoms with E-state index in [0.717, 1.165) is 6.26 Å². The van der Waals surface area contributed by atoms with Crippen LogP contribution in [0.1, 0.15) is 5.56 Å². The highest BCUT2D eigenvalue weighted by Gasteiger charge is 2.13. The van der Waals surface area contributed by atoms with Gasteiger partial charge in [-0.1, -0.05) is 23.7 Å². The Morgan fingerprint density at radius 1 is 1.07 bits per heavy atom. The summed E-state index contributed by atoms with van der Waals surface area (Å²) in [6.07, 6.45) is 2.62. The Balaban J connectivity index is 2.12. The lowest BCUT2D eigenvalue weighted by Crippen LogP contribution is -2.10. The van der Waals surface area contributed by atoms with Crippen molar-refractivity contribution in [2.24, 2.45) is 0 Å². The van der Waals surface area contributed by atoms with Gasteiger partial charge in [-0.2, -0.15) is 0 Å². The third-order valence-corrected chi connectivity index (χ3v) is 4.66. The van der Waals surface area contributed by atoms with Crippen LogP contribution in [0.2, 0.25) is 5.02 Å². The quantitative estimate of drug-likeness (QED) is 0.668. The van der Waals surface area contributed by atoms with E-state index >= 15 is 0 Å². The molecular formula is C19H17ClN2O4S. The molecule has 0 radical (unpaired) electrons. The Bertz CT molecular complexity index is 1160. The molecule has 0 aliphatic carbocycles. The highest BCUT2D eigenvalue weighted by molar-refractivity contribution is 7.92. The Kier molecular flexibility index (Phi) is 5.25. The zero-order valence-corrected chi connectivity index (χ0v) is 16.2. The van der Waals surface area contributed by atoms with Crippen molar-refractivity contribution in [3.8, 4) is 22.6 Å². The summed E-state index contributed by atoms with van der Waals surface area (Å²) in [6, 6.07) is 13.6. The maximum atomic E-state index is 11.7. The van der Waals surface area contributed by atoms with E-state index in [2.05, 4.69) is 9.71 Å². The summed E-state index contributed by atoms with van der Waals surface area (Å²) in [5.74, 6) is 0.930. The predicted molar refractivity (Wildman–Crippen MR) is 107 cm³/mol. The van der Waals surface area contributed by atoms with Gasteiger partial charge < -0.3 is 9.72 Å². The topological polar surface area (TPSA) is 88.3 Å². The van der Waals surface area contributed by atoms with Crippen LogP contribution in [0.5, 0.6) is 11.5 Å². The van der Waals surface area contributed by atoms with Crippen molar-refractivity contribution in [2.75, 3.05) is 11.0 Å². The maximum Gasteiger partial charge on any atom is 0.250 e. The summed E-state index contributed by atoms with van der Waals surface area (Å²) in [5, 5.41) is 0.444. The van der Waals surface area contributed by atoms with Gasteiger partial charge in [-0.15, -0.1) is 0 Å². The molecule has 8 heteroatoms. The molecule has 3 aromatic rings. The van der Waals surface area contributed by atoms with Crippen LogP contribution in [0.15, 0.2) is 59.5 Å². The van der Waals surface area contributed by atoms with E-state index < -0.39 is 10.0 Å². The monoisotopic (exact) mass is 404 g/mol. The first-order chi connectivity index (χ1) is 12.7. The Morgan fingerprint density at radius 3 is 2.48 bits per heavy atom. The molecule has 3 rings (SSSR count). The predicted octanol–water partition coefficient (Wildman–Crippen LogP) is 4.17. The van der Waals surface area contributed by atoms with Crippen molar-refractivity contribution in [1.29, 1.82) is 0 Å². The molecule has 0 saturated carbocycles. The van der Waals surface area contributed by atoms with Crippen molar-refractivity contribution >= 4 is 27.3 Å². The Labute approximate surface area is 161 Å². The lowest BCUT2D eigenvalue weighted by atomic mass is 10.0. The van der Waals surface area contributed by atoms with Gasteiger partial charge in [0.25, 0.3) is 5.56 Å². The summed E-state index contributed by atoms with van der Waals surface area (Å²) in [5.41, 5.74) is 1.98. The number of aryl methyl sites for hydroxylation is 1. The van der Waals surface area contributed by atoms with Crippen LogP contribution in [0.25, 0.3) is 11.1 Å². The molecule has 2 aromatic carbocycles. The van der Waals surface area contributed by atoms with Gasteiger partial charge in [-0.3, -0.25) is 9.52 Å². The number of aromatic nitrogens is 1. The zero-order valence-electron chi connectivity index (χ0n) is 14.6. The number of halogens is 1. The van der Waals surface area contributed by atoms with Gasteiger partial charge >= 0.3 is 0 Å². The smallest absolute Gasteiger partial charge is 0.250 e. The van der Waals surface area contributed by atoms with Gasteiger partial charge in [-0.25, -0.2) is 8.42 Å². The molecule has 2 N–H and O–H groups in total. The van der Waals surface area contributed by atoms with Crippen LogP contribution in [-0.2, 0) is 10.0 Å². The van der Waals surface area contributed by atoms with E-state index in [1.54, 1.807) is 61.7 Å². The second-order valence-electron chi connectivity index (χ2n) is 6.02. The van der Waals surface area contributed by atoms with Crippen LogP contribution in [0, 0.1) is 6.92 Å². The fourth-order valence-corrected chi connectivity index (χ4v) is 3.25. The van der Waals surface area contributed by atoms with E-state index in [4.69, 9.17) is 16.3 Å². The fourth-order valence-electron chi connectivity index (χ4n) is 2.52. The van der Waals surface area contributed by atoms with Crippen LogP contribution in [0.3, 0.4) is 0 Å². The standard InChI is InChI=1S/C19H17ClN2O4S/c1-12-9-13(11-21-19(12)23)15-10-14(22-27(2,24)25)7-8-17(15)26-18-6-4-3-5-16(18)20/h3-11,22H,1-2H3,(H,21,23). The van der Waals surface area contributed by atoms with Crippen LogP contribution in [-0.4, -0.2) is 19.7 Å². The highest BCUT2D eigenvalue weighted by atomic mass is 35.5. The first kappa shape index (κ1) is 19.0. The van der Waals surface area contributed by atoms with E-state index in [1.165, 1.54) is 0 Å². The average molecular weight is 405 g/mol. The molecule has 27 heavy (non-hydrogen) atoms. The zero-order chi connectivity index (χ0) is 19.6. The third kappa shape index (κ3) is 4.69. The molecule has 0 unspecified atom stereocenters. The summed E-state index contributed by atoms with van der Waals surface area (Å²) < 4.78 is 31.5. The molecule has 1 aromatic heterocycles. The van der Waals surface area contributed by atoms with Gasteiger partial charge in [0.05, 0.1) is 11.3 Å². The number of hydrogen-bond donors (Lipinski definition) is 2. The lowest BCUT2D eigenvalue weighted by molar-refractivity contribution is 0.485. The molecule has 0 spiro atoms. The Morgan fingerprint density at radius 2 is 1.81 bits per heavy atom. The number of aromatic amines is 1. The summed E-state index contributed by atoms with van der Waals surface area (Å²) in [7, 11) is -3.44. The van der Waals surface area contributed by atoms with Crippen molar-refractivity contribution in [3.05, 3.63) is 75.7 Å². The number of sulfonamides is 1. The molecule has 0 aliphatic heterocycles. The maximum absolute atomic E-state index is 11.7. The fraction of sp³-hybridized carbons (Fsp3) is 0.105. The minimum atomic E-state index is -3.44. The SMILES string of the molecule is Cc1cc(-c2cc(NS(C)(=O)=O)ccc2Oc2ccccc2Cl)c[nH]c1=O. The Hall–Kier alpha value is -2.77. The molecule has 0 atom stereocenters. The number of benzene rings is 2. The number of nitrogens with one attached hydrogen (secondary N) is 2. The van der Waals surface area contributed by atoms with Crippen LogP contribution in [0.4, 0.5) is 5.69 Å². The highest BCUT2D eigenvalue weighted by Crippen LogP contribution is 2.37. The molecule has 0 saturated heterocycles. The molecule has 0 bridgehead atoms. The number of hydrogen-bond acceptors (Lipinski definition) is 4. The number of anilines is 1. The average Bonchev–Trinajstić information content (AvgIpc) is 2.59. The second kappa shape index (κ2) is 7.46. The van der Waals surface area contributed by atoms with Gasteiger partial charge in [0.15, 0.2) is 0 Å². The minimum Gasteiger partial charge on any atom is -0.455 e. The van der Waals surface area contributed by atoms with Crippen molar-refractivity contribution in [2.45, 2.75) is 6.92 Å². The van der Waals surface area contributed by atoms with Crippen LogP contribution >= 0.6 is 11.6 Å². The number of H-pyrrole nitrogens is 1. The molecule has 0 amide bonds. The van der Waals surface area contributed by atoms with Gasteiger partial charge in [-0.05, 0) is 43.3 Å². The first-order valence-corrected chi connectivity index (χ1v) is 10.2. The van der Waals surface area contributed by atoms with Crippen molar-refractivity contribution < 1.29 is 13.2 Å². The van der Waals surface area contributed by atoms with E-state index in [1.807, 2.05) is 0 Å². The molecular weight excluding hydrogens is 388 g/mol. The molecule has 6 nitrogen and oxygen atoms in total. The van der Waals surface area contributed by atoms with E-state index in [0.29, 0.717) is 38.9 Å². The lowest BCUT2D eigenvalue weighted by Gasteiger charge is -2.15. The second-order valence-corrected chi connectivity index (χ2v) is 8.17. The van der Waals surface area contributed by atoms with E-state index in [9.17, 15) is 13.2 Å². The largest absolute Gasteiger partial charge is 0.455 e. The number of rotatable bonds is 5.